The van der Waals surface area contributed by atoms with E-state index in [-0.39, 0.29) is 39.4 Å². The summed E-state index contributed by atoms with van der Waals surface area (Å²) in [5.41, 5.74) is 8.80. The Labute approximate surface area is 244 Å². The second kappa shape index (κ2) is 9.59. The molecule has 4 rings (SSSR count). The van der Waals surface area contributed by atoms with Crippen molar-refractivity contribution in [3.63, 3.8) is 0 Å². The molecule has 2 N–H and O–H groups in total. The Morgan fingerprint density at radius 2 is 1.45 bits per heavy atom. The molecular formula is C33H49BN2O2Si2. The van der Waals surface area contributed by atoms with Gasteiger partial charge in [-0.05, 0) is 55.2 Å². The maximum atomic E-state index is 14.1. The maximum absolute atomic E-state index is 14.1. The molecule has 1 heterocycles. The molecule has 1 fully saturated rings. The number of fused-ring (bicyclic) bond motifs is 1. The molecule has 214 valence electrons. The van der Waals surface area contributed by atoms with Crippen LogP contribution < -0.4 is 10.5 Å². The minimum atomic E-state index is -2.49. The fraction of sp³-hybridized carbons (Fsp3) is 0.515. The summed E-state index contributed by atoms with van der Waals surface area (Å²) < 4.78 is 0. The summed E-state index contributed by atoms with van der Waals surface area (Å²) in [5.74, 6) is 0. The SMILES string of the molecule is CC(C)(C)C1=Cc2cccc(-c3cc(C(C)(C)C)cc(C(C)(C)C)c3)c2C1NC(=O)[Si](C)(C)B1NC(=O)[Si]1(C)C. The van der Waals surface area contributed by atoms with Crippen molar-refractivity contribution in [3.05, 3.63) is 64.2 Å². The predicted octanol–water partition coefficient (Wildman–Crippen LogP) is 8.59. The number of benzene rings is 2. The largest absolute Gasteiger partial charge is 0.408 e. The van der Waals surface area contributed by atoms with Crippen LogP contribution in [-0.2, 0) is 10.8 Å². The highest BCUT2D eigenvalue weighted by Gasteiger charge is 2.63. The first-order valence-corrected chi connectivity index (χ1v) is 20.8. The molecule has 1 aliphatic heterocycles. The number of hydrogen-bond acceptors (Lipinski definition) is 2. The molecule has 2 aromatic rings. The number of carbonyl (C=O) groups excluding carboxylic acids is 2. The average Bonchev–Trinajstić information content (AvgIpc) is 3.20. The van der Waals surface area contributed by atoms with Crippen molar-refractivity contribution in [1.29, 1.82) is 0 Å². The fourth-order valence-electron chi connectivity index (χ4n) is 6.22. The van der Waals surface area contributed by atoms with Crippen molar-refractivity contribution in [2.45, 2.75) is 105 Å². The lowest BCUT2D eigenvalue weighted by Crippen LogP contribution is -2.87. The van der Waals surface area contributed by atoms with Crippen LogP contribution in [0.15, 0.2) is 42.0 Å². The highest BCUT2D eigenvalue weighted by atomic mass is 28.4. The Morgan fingerprint density at radius 1 is 0.900 bits per heavy atom. The monoisotopic (exact) mass is 572 g/mol. The number of nitrogens with one attached hydrogen (secondary N) is 2. The van der Waals surface area contributed by atoms with Crippen molar-refractivity contribution in [1.82, 2.24) is 10.5 Å². The van der Waals surface area contributed by atoms with Gasteiger partial charge in [0.25, 0.3) is 6.03 Å². The quantitative estimate of drug-likeness (QED) is 0.361. The molecule has 1 unspecified atom stereocenters. The number of hydrogen-bond donors (Lipinski definition) is 2. The Balaban J connectivity index is 1.85. The third kappa shape index (κ3) is 5.31. The zero-order valence-corrected chi connectivity index (χ0v) is 29.0. The van der Waals surface area contributed by atoms with Gasteiger partial charge in [0, 0.05) is 0 Å². The van der Waals surface area contributed by atoms with Gasteiger partial charge in [0.1, 0.15) is 15.9 Å². The molecule has 0 bridgehead atoms. The van der Waals surface area contributed by atoms with E-state index in [0.29, 0.717) is 0 Å². The van der Waals surface area contributed by atoms with Gasteiger partial charge in [-0.25, -0.2) is 0 Å². The Morgan fingerprint density at radius 3 is 1.90 bits per heavy atom. The van der Waals surface area contributed by atoms with Crippen LogP contribution in [0.25, 0.3) is 17.2 Å². The standard InChI is InChI=1S/C33H49BN2O2Si2/c1-31(2,3)23-17-22(18-24(20-23)32(4,5)6)25-16-14-15-21-19-26(33(7,8)9)28(27(21)25)35-29(37)39(10,11)34-36-30(38)40(34,12)13/h14-20,28H,1-13H3,(H,35,37)(H,36,38). The van der Waals surface area contributed by atoms with Crippen molar-refractivity contribution in [2.24, 2.45) is 5.41 Å². The van der Waals surface area contributed by atoms with E-state index in [2.05, 4.69) is 142 Å². The predicted molar refractivity (Wildman–Crippen MR) is 177 cm³/mol. The van der Waals surface area contributed by atoms with Crippen LogP contribution in [0.2, 0.25) is 26.2 Å². The van der Waals surface area contributed by atoms with Crippen LogP contribution in [0.4, 0.5) is 9.59 Å². The van der Waals surface area contributed by atoms with Crippen molar-refractivity contribution < 1.29 is 9.59 Å². The van der Waals surface area contributed by atoms with E-state index < -0.39 is 15.9 Å². The van der Waals surface area contributed by atoms with Crippen LogP contribution >= 0.6 is 0 Å². The van der Waals surface area contributed by atoms with Crippen LogP contribution in [0.3, 0.4) is 0 Å². The highest BCUT2D eigenvalue weighted by Crippen LogP contribution is 2.48. The zero-order chi connectivity index (χ0) is 30.2. The Hall–Kier alpha value is -2.38. The smallest absolute Gasteiger partial charge is 0.254 e. The zero-order valence-electron chi connectivity index (χ0n) is 27.0. The minimum absolute atomic E-state index is 0.00985. The second-order valence-electron chi connectivity index (χ2n) is 16.2. The summed E-state index contributed by atoms with van der Waals surface area (Å²) in [4.78, 5) is 26.5. The van der Waals surface area contributed by atoms with Crippen molar-refractivity contribution >= 4 is 39.1 Å². The van der Waals surface area contributed by atoms with E-state index in [4.69, 9.17) is 0 Å². The van der Waals surface area contributed by atoms with Crippen LogP contribution in [0.1, 0.15) is 90.6 Å². The Bertz CT molecular complexity index is 1370. The molecule has 0 saturated carbocycles. The van der Waals surface area contributed by atoms with Gasteiger partial charge in [-0.15, -0.1) is 0 Å². The summed E-state index contributed by atoms with van der Waals surface area (Å²) in [6, 6.07) is 13.4. The molecule has 2 amide bonds. The molecule has 1 aliphatic carbocycles. The summed E-state index contributed by atoms with van der Waals surface area (Å²) in [5, 5.41) is 6.69. The third-order valence-corrected chi connectivity index (χ3v) is 19.2. The van der Waals surface area contributed by atoms with Gasteiger partial charge in [0.2, 0.25) is 0 Å². The lowest BCUT2D eigenvalue weighted by molar-refractivity contribution is 0.255. The lowest BCUT2D eigenvalue weighted by atomic mass is 9.77. The molecule has 2 aromatic carbocycles. The molecule has 1 saturated heterocycles. The molecule has 0 radical (unpaired) electrons. The minimum Gasteiger partial charge on any atom is -0.408 e. The van der Waals surface area contributed by atoms with E-state index in [9.17, 15) is 9.59 Å². The molecule has 40 heavy (non-hydrogen) atoms. The highest BCUT2D eigenvalue weighted by molar-refractivity contribution is 7.75. The van der Waals surface area contributed by atoms with Crippen molar-refractivity contribution in [2.75, 3.05) is 0 Å². The first kappa shape index (κ1) is 30.6. The van der Waals surface area contributed by atoms with Gasteiger partial charge in [-0.3, -0.25) is 9.59 Å². The van der Waals surface area contributed by atoms with Gasteiger partial charge in [-0.1, -0.05) is 131 Å². The number of carbonyl (C=O) groups is 2. The van der Waals surface area contributed by atoms with Crippen LogP contribution in [0.5, 0.6) is 0 Å². The molecule has 1 atom stereocenters. The normalized spacial score (nSPS) is 19.0. The van der Waals surface area contributed by atoms with Gasteiger partial charge in [-0.2, -0.15) is 0 Å². The summed E-state index contributed by atoms with van der Waals surface area (Å²) >= 11 is 0. The molecule has 4 nitrogen and oxygen atoms in total. The first-order valence-electron chi connectivity index (χ1n) is 14.7. The number of amides is 2. The maximum Gasteiger partial charge on any atom is 0.254 e. The molecule has 7 heteroatoms. The lowest BCUT2D eigenvalue weighted by Gasteiger charge is -2.46. The summed E-state index contributed by atoms with van der Waals surface area (Å²) in [6.07, 6.45) is 2.29. The van der Waals surface area contributed by atoms with E-state index in [0.717, 1.165) is 0 Å². The molecule has 0 aromatic heterocycles. The van der Waals surface area contributed by atoms with Gasteiger partial charge >= 0.3 is 0 Å². The number of rotatable bonds is 4. The van der Waals surface area contributed by atoms with E-state index in [1.165, 1.54) is 39.0 Å². The average molecular weight is 573 g/mol. The van der Waals surface area contributed by atoms with Crippen LogP contribution in [-0.4, -0.2) is 33.0 Å². The summed E-state index contributed by atoms with van der Waals surface area (Å²) in [7, 11) is -4.63. The third-order valence-electron chi connectivity index (χ3n) is 9.06. The Kier molecular flexibility index (Phi) is 7.33. The van der Waals surface area contributed by atoms with E-state index >= 15 is 0 Å². The van der Waals surface area contributed by atoms with Gasteiger partial charge < -0.3 is 10.5 Å². The first-order chi connectivity index (χ1) is 18.1. The molecule has 2 aliphatic rings. The van der Waals surface area contributed by atoms with Crippen LogP contribution in [0, 0.1) is 5.41 Å². The topological polar surface area (TPSA) is 58.2 Å². The van der Waals surface area contributed by atoms with E-state index in [1.54, 1.807) is 0 Å². The van der Waals surface area contributed by atoms with Gasteiger partial charge in [0.15, 0.2) is 11.1 Å². The summed E-state index contributed by atoms with van der Waals surface area (Å²) in [6.45, 7) is 28.7. The van der Waals surface area contributed by atoms with E-state index in [1.807, 2.05) is 0 Å². The van der Waals surface area contributed by atoms with Gasteiger partial charge in [0.05, 0.1) is 6.04 Å². The molecular weight excluding hydrogens is 523 g/mol. The molecule has 0 spiro atoms. The second-order valence-corrected chi connectivity index (χ2v) is 25.7. The fourth-order valence-corrected chi connectivity index (χ4v) is 16.7. The van der Waals surface area contributed by atoms with Crippen molar-refractivity contribution in [3.8, 4) is 11.1 Å².